The Morgan fingerprint density at radius 3 is 2.94 bits per heavy atom. The van der Waals surface area contributed by atoms with Crippen molar-refractivity contribution in [2.75, 3.05) is 18.9 Å². The summed E-state index contributed by atoms with van der Waals surface area (Å²) in [5.74, 6) is -0.142. The molecule has 1 aromatic carbocycles. The molecule has 5 heteroatoms. The van der Waals surface area contributed by atoms with E-state index >= 15 is 0 Å². The van der Waals surface area contributed by atoms with Gasteiger partial charge < -0.3 is 15.8 Å². The number of hydrogen-bond donors (Lipinski definition) is 2. The molecule has 92 valence electrons. The van der Waals surface area contributed by atoms with Gasteiger partial charge in [-0.2, -0.15) is 0 Å². The summed E-state index contributed by atoms with van der Waals surface area (Å²) in [6.45, 7) is 4.53. The monoisotopic (exact) mass is 298 g/mol. The van der Waals surface area contributed by atoms with Crippen molar-refractivity contribution < 1.29 is 9.53 Å². The Labute approximate surface area is 109 Å². The zero-order valence-corrected chi connectivity index (χ0v) is 11.0. The Kier molecular flexibility index (Phi) is 5.56. The van der Waals surface area contributed by atoms with E-state index < -0.39 is 0 Å². The number of nitrogens with two attached hydrogens (primary N) is 1. The van der Waals surface area contributed by atoms with Crippen LogP contribution in [0.25, 0.3) is 0 Å². The summed E-state index contributed by atoms with van der Waals surface area (Å²) in [6, 6.07) is 5.11. The third kappa shape index (κ3) is 4.91. The molecule has 0 fully saturated rings. The highest BCUT2D eigenvalue weighted by atomic mass is 79.9. The first-order chi connectivity index (χ1) is 8.13. The lowest BCUT2D eigenvalue weighted by molar-refractivity contribution is 0.0950. The molecule has 1 rings (SSSR count). The zero-order valence-electron chi connectivity index (χ0n) is 9.41. The van der Waals surface area contributed by atoms with Gasteiger partial charge in [0.25, 0.3) is 5.91 Å². The SMILES string of the molecule is C=COCCCNC(=O)c1cc(N)cc(Br)c1. The first kappa shape index (κ1) is 13.6. The second-order valence-corrected chi connectivity index (χ2v) is 4.34. The summed E-state index contributed by atoms with van der Waals surface area (Å²) in [4.78, 5) is 11.7. The molecule has 0 heterocycles. The predicted octanol–water partition coefficient (Wildman–Crippen LogP) is 2.31. The lowest BCUT2D eigenvalue weighted by atomic mass is 10.2. The largest absolute Gasteiger partial charge is 0.502 e. The van der Waals surface area contributed by atoms with Gasteiger partial charge in [0, 0.05) is 22.3 Å². The zero-order chi connectivity index (χ0) is 12.7. The number of nitrogens with one attached hydrogen (secondary N) is 1. The molecule has 0 spiro atoms. The van der Waals surface area contributed by atoms with Gasteiger partial charge in [-0.25, -0.2) is 0 Å². The molecule has 0 aliphatic carbocycles. The Hall–Kier alpha value is -1.49. The number of hydrogen-bond acceptors (Lipinski definition) is 3. The molecule has 0 atom stereocenters. The van der Waals surface area contributed by atoms with Crippen molar-refractivity contribution in [1.82, 2.24) is 5.32 Å². The number of ether oxygens (including phenoxy) is 1. The van der Waals surface area contributed by atoms with E-state index in [1.165, 1.54) is 6.26 Å². The van der Waals surface area contributed by atoms with Crippen molar-refractivity contribution in [2.24, 2.45) is 0 Å². The number of nitrogen functional groups attached to an aromatic ring is 1. The average Bonchev–Trinajstić information content (AvgIpc) is 2.27. The Morgan fingerprint density at radius 1 is 1.53 bits per heavy atom. The molecule has 0 aromatic heterocycles. The van der Waals surface area contributed by atoms with Crippen molar-refractivity contribution in [3.8, 4) is 0 Å². The number of halogens is 1. The summed E-state index contributed by atoms with van der Waals surface area (Å²) in [5, 5.41) is 2.78. The molecule has 1 aromatic rings. The molecular formula is C12H15BrN2O2. The molecule has 0 bridgehead atoms. The van der Waals surface area contributed by atoms with E-state index in [1.807, 2.05) is 0 Å². The molecule has 0 aliphatic rings. The number of carbonyl (C=O) groups is 1. The van der Waals surface area contributed by atoms with Crippen molar-refractivity contribution in [2.45, 2.75) is 6.42 Å². The normalized spacial score (nSPS) is 9.71. The number of carbonyl (C=O) groups excluding carboxylic acids is 1. The Bertz CT molecular complexity index is 387. The van der Waals surface area contributed by atoms with Crippen LogP contribution in [0.2, 0.25) is 0 Å². The van der Waals surface area contributed by atoms with Gasteiger partial charge in [-0.05, 0) is 24.6 Å². The Balaban J connectivity index is 2.44. The van der Waals surface area contributed by atoms with Crippen molar-refractivity contribution in [3.05, 3.63) is 41.1 Å². The van der Waals surface area contributed by atoms with Crippen LogP contribution in [0.5, 0.6) is 0 Å². The summed E-state index contributed by atoms with van der Waals surface area (Å²) < 4.78 is 5.73. The van der Waals surface area contributed by atoms with Gasteiger partial charge in [-0.1, -0.05) is 22.5 Å². The fraction of sp³-hybridized carbons (Fsp3) is 0.250. The Morgan fingerprint density at radius 2 is 2.29 bits per heavy atom. The number of benzene rings is 1. The minimum Gasteiger partial charge on any atom is -0.502 e. The summed E-state index contributed by atoms with van der Waals surface area (Å²) >= 11 is 3.29. The molecule has 0 unspecified atom stereocenters. The second-order valence-electron chi connectivity index (χ2n) is 3.42. The average molecular weight is 299 g/mol. The van der Waals surface area contributed by atoms with Crippen molar-refractivity contribution >= 4 is 27.5 Å². The third-order valence-corrected chi connectivity index (χ3v) is 2.48. The number of amides is 1. The van der Waals surface area contributed by atoms with Gasteiger partial charge in [0.1, 0.15) is 0 Å². The molecule has 0 saturated carbocycles. The molecule has 3 N–H and O–H groups in total. The predicted molar refractivity (Wildman–Crippen MR) is 71.7 cm³/mol. The minimum atomic E-state index is -0.142. The topological polar surface area (TPSA) is 64.3 Å². The van der Waals surface area contributed by atoms with E-state index in [9.17, 15) is 4.79 Å². The molecule has 0 aliphatic heterocycles. The van der Waals surface area contributed by atoms with Gasteiger partial charge >= 0.3 is 0 Å². The maximum absolute atomic E-state index is 11.7. The molecule has 4 nitrogen and oxygen atoms in total. The van der Waals surface area contributed by atoms with Crippen LogP contribution in [0, 0.1) is 0 Å². The van der Waals surface area contributed by atoms with Crippen molar-refractivity contribution in [3.63, 3.8) is 0 Å². The summed E-state index contributed by atoms with van der Waals surface area (Å²) in [5.41, 5.74) is 6.75. The van der Waals surface area contributed by atoms with E-state index in [0.717, 1.165) is 10.9 Å². The van der Waals surface area contributed by atoms with Gasteiger partial charge in [0.15, 0.2) is 0 Å². The lowest BCUT2D eigenvalue weighted by Gasteiger charge is -2.06. The smallest absolute Gasteiger partial charge is 0.251 e. The van der Waals surface area contributed by atoms with Crippen LogP contribution >= 0.6 is 15.9 Å². The maximum Gasteiger partial charge on any atom is 0.251 e. The van der Waals surface area contributed by atoms with E-state index in [2.05, 4.69) is 27.8 Å². The lowest BCUT2D eigenvalue weighted by Crippen LogP contribution is -2.25. The molecule has 0 saturated heterocycles. The third-order valence-electron chi connectivity index (χ3n) is 2.02. The molecule has 0 radical (unpaired) electrons. The quantitative estimate of drug-likeness (QED) is 0.481. The first-order valence-electron chi connectivity index (χ1n) is 5.20. The first-order valence-corrected chi connectivity index (χ1v) is 5.99. The van der Waals surface area contributed by atoms with Crippen LogP contribution in [-0.2, 0) is 4.74 Å². The van der Waals surface area contributed by atoms with Crippen LogP contribution in [0.1, 0.15) is 16.8 Å². The van der Waals surface area contributed by atoms with Crippen LogP contribution < -0.4 is 11.1 Å². The highest BCUT2D eigenvalue weighted by Crippen LogP contribution is 2.17. The minimum absolute atomic E-state index is 0.142. The van der Waals surface area contributed by atoms with Crippen molar-refractivity contribution in [1.29, 1.82) is 0 Å². The fourth-order valence-electron chi connectivity index (χ4n) is 1.29. The van der Waals surface area contributed by atoms with Crippen LogP contribution in [0.4, 0.5) is 5.69 Å². The number of anilines is 1. The van der Waals surface area contributed by atoms with Gasteiger partial charge in [-0.15, -0.1) is 0 Å². The summed E-state index contributed by atoms with van der Waals surface area (Å²) in [7, 11) is 0. The van der Waals surface area contributed by atoms with E-state index in [1.54, 1.807) is 18.2 Å². The van der Waals surface area contributed by atoms with Gasteiger partial charge in [-0.3, -0.25) is 4.79 Å². The van der Waals surface area contributed by atoms with Crippen LogP contribution in [-0.4, -0.2) is 19.1 Å². The fourth-order valence-corrected chi connectivity index (χ4v) is 1.80. The van der Waals surface area contributed by atoms with Crippen LogP contribution in [0.15, 0.2) is 35.5 Å². The van der Waals surface area contributed by atoms with E-state index in [0.29, 0.717) is 24.4 Å². The van der Waals surface area contributed by atoms with Gasteiger partial charge in [0.05, 0.1) is 12.9 Å². The summed E-state index contributed by atoms with van der Waals surface area (Å²) in [6.07, 6.45) is 2.12. The molecule has 1 amide bonds. The molecule has 17 heavy (non-hydrogen) atoms. The van der Waals surface area contributed by atoms with E-state index in [-0.39, 0.29) is 5.91 Å². The molecular weight excluding hydrogens is 284 g/mol. The number of rotatable bonds is 6. The highest BCUT2D eigenvalue weighted by Gasteiger charge is 2.06. The van der Waals surface area contributed by atoms with E-state index in [4.69, 9.17) is 10.5 Å². The standard InChI is InChI=1S/C12H15BrN2O2/c1-2-17-5-3-4-15-12(16)9-6-10(13)8-11(14)7-9/h2,6-8H,1,3-5,14H2,(H,15,16). The highest BCUT2D eigenvalue weighted by molar-refractivity contribution is 9.10. The van der Waals surface area contributed by atoms with Gasteiger partial charge in [0.2, 0.25) is 0 Å². The maximum atomic E-state index is 11.7. The van der Waals surface area contributed by atoms with Crippen LogP contribution in [0.3, 0.4) is 0 Å². The second kappa shape index (κ2) is 6.96.